The molecule has 124 valence electrons. The van der Waals surface area contributed by atoms with Gasteiger partial charge < -0.3 is 9.80 Å². The molecule has 22 heavy (non-hydrogen) atoms. The Morgan fingerprint density at radius 2 is 2.05 bits per heavy atom. The molecule has 1 saturated heterocycles. The molecule has 2 amide bonds. The lowest BCUT2D eigenvalue weighted by Crippen LogP contribution is -2.49. The van der Waals surface area contributed by atoms with Gasteiger partial charge in [-0.1, -0.05) is 6.08 Å². The molecule has 0 spiro atoms. The average Bonchev–Trinajstić information content (AvgIpc) is 3.13. The van der Waals surface area contributed by atoms with E-state index in [2.05, 4.69) is 11.3 Å². The van der Waals surface area contributed by atoms with Crippen LogP contribution in [0.25, 0.3) is 0 Å². The van der Waals surface area contributed by atoms with E-state index < -0.39 is 15.3 Å². The first-order chi connectivity index (χ1) is 10.3. The molecule has 0 aromatic rings. The Hall–Kier alpha value is -1.08. The minimum Gasteiger partial charge on any atom is -0.323 e. The molecule has 2 saturated carbocycles. The summed E-state index contributed by atoms with van der Waals surface area (Å²) in [6.45, 7) is 6.18. The van der Waals surface area contributed by atoms with Crippen molar-refractivity contribution in [3.8, 4) is 0 Å². The van der Waals surface area contributed by atoms with Gasteiger partial charge in [-0.25, -0.2) is 17.9 Å². The van der Waals surface area contributed by atoms with Gasteiger partial charge in [0.2, 0.25) is 10.0 Å². The van der Waals surface area contributed by atoms with E-state index in [0.717, 1.165) is 19.3 Å². The quantitative estimate of drug-likeness (QED) is 0.774. The van der Waals surface area contributed by atoms with Crippen LogP contribution in [0, 0.1) is 0 Å². The number of rotatable bonds is 5. The van der Waals surface area contributed by atoms with Gasteiger partial charge in [-0.3, -0.25) is 0 Å². The lowest BCUT2D eigenvalue weighted by molar-refractivity contribution is 0.195. The fraction of sp³-hybridized carbons (Fsp3) is 0.800. The maximum Gasteiger partial charge on any atom is 0.320 e. The van der Waals surface area contributed by atoms with Gasteiger partial charge in [0, 0.05) is 19.1 Å². The predicted molar refractivity (Wildman–Crippen MR) is 85.0 cm³/mol. The Bertz CT molecular complexity index is 585. The topological polar surface area (TPSA) is 69.7 Å². The summed E-state index contributed by atoms with van der Waals surface area (Å²) in [6.07, 6.45) is 5.42. The van der Waals surface area contributed by atoms with Gasteiger partial charge >= 0.3 is 6.03 Å². The van der Waals surface area contributed by atoms with Crippen molar-refractivity contribution in [1.29, 1.82) is 0 Å². The number of amides is 2. The molecule has 3 fully saturated rings. The summed E-state index contributed by atoms with van der Waals surface area (Å²) in [6, 6.07) is 0.0725. The maximum atomic E-state index is 12.6. The van der Waals surface area contributed by atoms with Crippen LogP contribution in [0.1, 0.15) is 39.0 Å². The fourth-order valence-electron chi connectivity index (χ4n) is 3.71. The number of likely N-dealkylation sites (N-methyl/N-ethyl adjacent to an activating group) is 1. The first-order valence-electron chi connectivity index (χ1n) is 7.94. The third-order valence-corrected chi connectivity index (χ3v) is 7.41. The number of carbonyl (C=O) groups excluding carboxylic acids is 1. The number of nitrogens with zero attached hydrogens (tertiary/aromatic N) is 2. The highest BCUT2D eigenvalue weighted by Gasteiger charge is 2.50. The molecule has 1 aliphatic heterocycles. The second kappa shape index (κ2) is 5.23. The zero-order valence-corrected chi connectivity index (χ0v) is 14.1. The molecule has 0 aromatic heterocycles. The first kappa shape index (κ1) is 15.8. The minimum atomic E-state index is -3.31. The van der Waals surface area contributed by atoms with E-state index in [1.54, 1.807) is 18.0 Å². The molecular weight excluding hydrogens is 302 g/mol. The van der Waals surface area contributed by atoms with Crippen LogP contribution in [-0.4, -0.2) is 60.7 Å². The Morgan fingerprint density at radius 1 is 1.36 bits per heavy atom. The van der Waals surface area contributed by atoms with Gasteiger partial charge in [-0.2, -0.15) is 0 Å². The molecule has 7 heteroatoms. The molecule has 0 radical (unpaired) electrons. The van der Waals surface area contributed by atoms with E-state index in [4.69, 9.17) is 0 Å². The Morgan fingerprint density at radius 3 is 2.64 bits per heavy atom. The van der Waals surface area contributed by atoms with Crippen molar-refractivity contribution < 1.29 is 13.2 Å². The largest absolute Gasteiger partial charge is 0.323 e. The van der Waals surface area contributed by atoms with Gasteiger partial charge in [0.25, 0.3) is 0 Å². The molecule has 0 aromatic carbocycles. The summed E-state index contributed by atoms with van der Waals surface area (Å²) in [5, 5.41) is -0.398. The molecule has 0 bridgehead atoms. The third-order valence-electron chi connectivity index (χ3n) is 5.33. The molecular formula is C15H25N3O3S. The lowest BCUT2D eigenvalue weighted by Gasteiger charge is -2.35. The lowest BCUT2D eigenvalue weighted by atomic mass is 9.90. The average molecular weight is 327 g/mol. The minimum absolute atomic E-state index is 0.0185. The van der Waals surface area contributed by atoms with Crippen molar-refractivity contribution in [1.82, 2.24) is 14.5 Å². The number of nitrogens with one attached hydrogen (secondary N) is 1. The Labute approximate surface area is 132 Å². The van der Waals surface area contributed by atoms with E-state index in [1.165, 1.54) is 0 Å². The zero-order chi connectivity index (χ0) is 16.1. The standard InChI is InChI=1S/C15H25N3O3S/c1-4-9-18-12-6-5-11(10-13(12)17(3)14(18)19)22(20,21)16-15(2)7-8-15/h4,11-13,16H,1,5-10H2,2-3H3. The number of fused-ring (bicyclic) bond motifs is 1. The van der Waals surface area contributed by atoms with E-state index >= 15 is 0 Å². The molecule has 2 aliphatic carbocycles. The SMILES string of the molecule is C=CCN1C(=O)N(C)C2CC(S(=O)(=O)NC3(C)CC3)CCC21. The van der Waals surface area contributed by atoms with Crippen molar-refractivity contribution in [3.05, 3.63) is 12.7 Å². The van der Waals surface area contributed by atoms with Crippen molar-refractivity contribution in [3.63, 3.8) is 0 Å². The van der Waals surface area contributed by atoms with Gasteiger partial charge in [0.1, 0.15) is 0 Å². The number of carbonyl (C=O) groups is 1. The normalized spacial score (nSPS) is 33.7. The highest BCUT2D eigenvalue weighted by Crippen LogP contribution is 2.39. The van der Waals surface area contributed by atoms with Crippen LogP contribution in [-0.2, 0) is 10.0 Å². The summed E-state index contributed by atoms with van der Waals surface area (Å²) in [7, 11) is -1.54. The van der Waals surface area contributed by atoms with E-state index in [-0.39, 0.29) is 23.7 Å². The molecule has 3 unspecified atom stereocenters. The number of hydrogen-bond donors (Lipinski definition) is 1. The van der Waals surface area contributed by atoms with Crippen LogP contribution in [0.4, 0.5) is 4.79 Å². The van der Waals surface area contributed by atoms with Crippen molar-refractivity contribution in [2.24, 2.45) is 0 Å². The fourth-order valence-corrected chi connectivity index (χ4v) is 5.66. The maximum absolute atomic E-state index is 12.6. The van der Waals surface area contributed by atoms with E-state index in [0.29, 0.717) is 19.4 Å². The van der Waals surface area contributed by atoms with Gasteiger partial charge in [0.05, 0.1) is 17.3 Å². The zero-order valence-electron chi connectivity index (χ0n) is 13.3. The number of hydrogen-bond acceptors (Lipinski definition) is 3. The highest BCUT2D eigenvalue weighted by molar-refractivity contribution is 7.90. The molecule has 3 rings (SSSR count). The van der Waals surface area contributed by atoms with Crippen LogP contribution >= 0.6 is 0 Å². The second-order valence-corrected chi connectivity index (χ2v) is 9.07. The Balaban J connectivity index is 1.73. The van der Waals surface area contributed by atoms with Crippen LogP contribution in [0.2, 0.25) is 0 Å². The molecule has 1 heterocycles. The van der Waals surface area contributed by atoms with Gasteiger partial charge in [-0.15, -0.1) is 6.58 Å². The van der Waals surface area contributed by atoms with Crippen LogP contribution in [0.5, 0.6) is 0 Å². The number of urea groups is 1. The van der Waals surface area contributed by atoms with Crippen LogP contribution in [0.3, 0.4) is 0 Å². The van der Waals surface area contributed by atoms with Gasteiger partial charge in [-0.05, 0) is 39.0 Å². The smallest absolute Gasteiger partial charge is 0.320 e. The second-order valence-electron chi connectivity index (χ2n) is 7.11. The van der Waals surface area contributed by atoms with Crippen LogP contribution in [0.15, 0.2) is 12.7 Å². The van der Waals surface area contributed by atoms with Crippen molar-refractivity contribution >= 4 is 16.1 Å². The predicted octanol–water partition coefficient (Wildman–Crippen LogP) is 1.30. The van der Waals surface area contributed by atoms with Crippen LogP contribution < -0.4 is 4.72 Å². The summed E-state index contributed by atoms with van der Waals surface area (Å²) < 4.78 is 28.0. The molecule has 6 nitrogen and oxygen atoms in total. The first-order valence-corrected chi connectivity index (χ1v) is 9.49. The monoisotopic (exact) mass is 327 g/mol. The summed E-state index contributed by atoms with van der Waals surface area (Å²) in [5.41, 5.74) is -0.234. The molecule has 3 atom stereocenters. The van der Waals surface area contributed by atoms with Crippen molar-refractivity contribution in [2.75, 3.05) is 13.6 Å². The Kier molecular flexibility index (Phi) is 3.76. The van der Waals surface area contributed by atoms with Crippen molar-refractivity contribution in [2.45, 2.75) is 61.9 Å². The summed E-state index contributed by atoms with van der Waals surface area (Å²) in [5.74, 6) is 0. The van der Waals surface area contributed by atoms with E-state index in [9.17, 15) is 13.2 Å². The highest BCUT2D eigenvalue weighted by atomic mass is 32.2. The van der Waals surface area contributed by atoms with E-state index in [1.807, 2.05) is 11.8 Å². The number of sulfonamides is 1. The third kappa shape index (κ3) is 2.65. The summed E-state index contributed by atoms with van der Waals surface area (Å²) >= 11 is 0. The van der Waals surface area contributed by atoms with Gasteiger partial charge in [0.15, 0.2) is 0 Å². The summed E-state index contributed by atoms with van der Waals surface area (Å²) in [4.78, 5) is 15.8. The molecule has 1 N–H and O–H groups in total. The molecule has 3 aliphatic rings.